The smallest absolute Gasteiger partial charge is 0.490 e. The van der Waals surface area contributed by atoms with E-state index < -0.39 is 22.2 Å². The molecule has 1 aliphatic rings. The Morgan fingerprint density at radius 1 is 1.06 bits per heavy atom. The number of sulfonamides is 1. The monoisotopic (exact) mass is 540 g/mol. The summed E-state index contributed by atoms with van der Waals surface area (Å²) in [5.41, 5.74) is 0. The number of hydrogen-bond donors (Lipinski definition) is 2. The van der Waals surface area contributed by atoms with Gasteiger partial charge in [-0.3, -0.25) is 4.79 Å². The number of aliphatic carboxylic acids is 1. The van der Waals surface area contributed by atoms with Gasteiger partial charge < -0.3 is 25.0 Å². The lowest BCUT2D eigenvalue weighted by atomic mass is 10.3. The number of ether oxygens (including phenoxy) is 1. The van der Waals surface area contributed by atoms with Crippen molar-refractivity contribution in [1.29, 1.82) is 0 Å². The maximum atomic E-state index is 13.2. The normalized spacial score (nSPS) is 14.4. The summed E-state index contributed by atoms with van der Waals surface area (Å²) in [6, 6.07) is 6.39. The van der Waals surface area contributed by atoms with Gasteiger partial charge in [0.05, 0.1) is 12.0 Å². The molecule has 0 radical (unpaired) electrons. The Hall–Kier alpha value is -2.42. The van der Waals surface area contributed by atoms with Crippen LogP contribution >= 0.6 is 0 Å². The van der Waals surface area contributed by atoms with Crippen LogP contribution < -0.4 is 10.1 Å². The summed E-state index contributed by atoms with van der Waals surface area (Å²) >= 11 is 0. The Kier molecular flexibility index (Phi) is 13.1. The molecule has 1 aromatic rings. The number of benzene rings is 1. The minimum absolute atomic E-state index is 0.00395. The molecule has 0 aliphatic carbocycles. The number of carbonyl (C=O) groups is 2. The molecule has 1 heterocycles. The van der Waals surface area contributed by atoms with Gasteiger partial charge in [0.2, 0.25) is 15.9 Å². The number of carbonyl (C=O) groups excluding carboxylic acids is 1. The Bertz CT molecular complexity index is 919. The zero-order valence-corrected chi connectivity index (χ0v) is 21.6. The summed E-state index contributed by atoms with van der Waals surface area (Å²) in [6.45, 7) is 9.88. The SMILES string of the molecule is CCN(CC)CCN(CCC(=O)N1CCNCC1)S(=O)(=O)c1ccc(OC)cc1.O=C(O)C(F)(F)F. The molecule has 1 saturated heterocycles. The molecule has 1 fully saturated rings. The second-order valence-corrected chi connectivity index (χ2v) is 9.73. The summed E-state index contributed by atoms with van der Waals surface area (Å²) < 4.78 is 64.8. The van der Waals surface area contributed by atoms with Gasteiger partial charge in [-0.2, -0.15) is 17.5 Å². The highest BCUT2D eigenvalue weighted by molar-refractivity contribution is 7.89. The minimum atomic E-state index is -5.08. The third-order valence-electron chi connectivity index (χ3n) is 5.54. The van der Waals surface area contributed by atoms with E-state index in [1.165, 1.54) is 4.31 Å². The van der Waals surface area contributed by atoms with Crippen LogP contribution in [0.4, 0.5) is 13.2 Å². The number of rotatable bonds is 11. The molecule has 1 aromatic carbocycles. The van der Waals surface area contributed by atoms with Crippen molar-refractivity contribution in [3.63, 3.8) is 0 Å². The van der Waals surface area contributed by atoms with Crippen LogP contribution in [0.3, 0.4) is 0 Å². The number of nitrogens with one attached hydrogen (secondary N) is 1. The lowest BCUT2D eigenvalue weighted by Crippen LogP contribution is -2.47. The van der Waals surface area contributed by atoms with Gasteiger partial charge in [-0.25, -0.2) is 13.2 Å². The van der Waals surface area contributed by atoms with E-state index in [1.54, 1.807) is 36.3 Å². The molecule has 2 rings (SSSR count). The van der Waals surface area contributed by atoms with Crippen molar-refractivity contribution in [2.45, 2.75) is 31.3 Å². The number of piperazine rings is 1. The van der Waals surface area contributed by atoms with Crippen LogP contribution in [-0.2, 0) is 19.6 Å². The van der Waals surface area contributed by atoms with Crippen molar-refractivity contribution in [3.8, 4) is 5.75 Å². The largest absolute Gasteiger partial charge is 0.497 e. The van der Waals surface area contributed by atoms with E-state index in [2.05, 4.69) is 24.1 Å². The molecule has 1 amide bonds. The summed E-state index contributed by atoms with van der Waals surface area (Å²) in [5, 5.41) is 10.3. The number of alkyl halides is 3. The highest BCUT2D eigenvalue weighted by Gasteiger charge is 2.38. The number of carboxylic acids is 1. The van der Waals surface area contributed by atoms with Crippen LogP contribution in [0.2, 0.25) is 0 Å². The standard InChI is InChI=1S/C20H34N4O4S.C2HF3O2/c1-4-22(5-2)16-17-24(13-10-20(25)23-14-11-21-12-15-23)29(26,27)19-8-6-18(28-3)7-9-19;3-2(4,5)1(6)7/h6-9,21H,4-5,10-17H2,1-3H3;(H,6,7). The van der Waals surface area contributed by atoms with Crippen LogP contribution in [-0.4, -0.2) is 112 Å². The molecule has 0 saturated carbocycles. The summed E-state index contributed by atoms with van der Waals surface area (Å²) in [4.78, 5) is 25.6. The Morgan fingerprint density at radius 3 is 2.03 bits per heavy atom. The summed E-state index contributed by atoms with van der Waals surface area (Å²) in [5.74, 6) is -2.15. The molecule has 0 spiro atoms. The van der Waals surface area contributed by atoms with Crippen LogP contribution in [0.5, 0.6) is 5.75 Å². The second-order valence-electron chi connectivity index (χ2n) is 7.79. The topological polar surface area (TPSA) is 119 Å². The molecule has 0 atom stereocenters. The molecule has 206 valence electrons. The molecule has 0 bridgehead atoms. The van der Waals surface area contributed by atoms with Gasteiger partial charge in [-0.15, -0.1) is 0 Å². The number of nitrogens with zero attached hydrogens (tertiary/aromatic N) is 3. The van der Waals surface area contributed by atoms with Gasteiger partial charge >= 0.3 is 12.1 Å². The fourth-order valence-electron chi connectivity index (χ4n) is 3.33. The van der Waals surface area contributed by atoms with E-state index in [9.17, 15) is 26.4 Å². The zero-order chi connectivity index (χ0) is 27.4. The van der Waals surface area contributed by atoms with Gasteiger partial charge in [0.15, 0.2) is 0 Å². The number of carboxylic acid groups (broad SMARTS) is 1. The maximum Gasteiger partial charge on any atom is 0.490 e. The van der Waals surface area contributed by atoms with E-state index in [-0.39, 0.29) is 23.8 Å². The average molecular weight is 541 g/mol. The van der Waals surface area contributed by atoms with Crippen LogP contribution in [0.25, 0.3) is 0 Å². The zero-order valence-electron chi connectivity index (χ0n) is 20.8. The molecule has 2 N–H and O–H groups in total. The first-order valence-electron chi connectivity index (χ1n) is 11.5. The van der Waals surface area contributed by atoms with E-state index >= 15 is 0 Å². The van der Waals surface area contributed by atoms with Crippen LogP contribution in [0, 0.1) is 0 Å². The number of likely N-dealkylation sites (N-methyl/N-ethyl adjacent to an activating group) is 1. The maximum absolute atomic E-state index is 13.2. The van der Waals surface area contributed by atoms with Gasteiger partial charge in [-0.05, 0) is 37.4 Å². The summed E-state index contributed by atoms with van der Waals surface area (Å²) in [7, 11) is -2.15. The Balaban J connectivity index is 0.000000809. The van der Waals surface area contributed by atoms with E-state index in [0.29, 0.717) is 31.9 Å². The van der Waals surface area contributed by atoms with Crippen molar-refractivity contribution in [2.75, 3.05) is 66.0 Å². The molecule has 14 heteroatoms. The third kappa shape index (κ3) is 10.3. The molecule has 0 aromatic heterocycles. The molecule has 36 heavy (non-hydrogen) atoms. The van der Waals surface area contributed by atoms with Gasteiger partial charge in [0.1, 0.15) is 5.75 Å². The fraction of sp³-hybridized carbons (Fsp3) is 0.636. The third-order valence-corrected chi connectivity index (χ3v) is 7.46. The fourth-order valence-corrected chi connectivity index (χ4v) is 4.77. The number of halogens is 3. The van der Waals surface area contributed by atoms with E-state index in [0.717, 1.165) is 26.2 Å². The van der Waals surface area contributed by atoms with Crippen molar-refractivity contribution < 1.29 is 41.0 Å². The van der Waals surface area contributed by atoms with Crippen molar-refractivity contribution in [3.05, 3.63) is 24.3 Å². The Labute approximate surface area is 210 Å². The van der Waals surface area contributed by atoms with Crippen LogP contribution in [0.1, 0.15) is 20.3 Å². The Morgan fingerprint density at radius 2 is 1.58 bits per heavy atom. The average Bonchev–Trinajstić information content (AvgIpc) is 2.86. The molecule has 0 unspecified atom stereocenters. The number of hydrogen-bond acceptors (Lipinski definition) is 7. The highest BCUT2D eigenvalue weighted by Crippen LogP contribution is 2.20. The van der Waals surface area contributed by atoms with Gasteiger partial charge in [0.25, 0.3) is 0 Å². The predicted molar refractivity (Wildman–Crippen MR) is 127 cm³/mol. The number of amides is 1. The second kappa shape index (κ2) is 15.0. The number of methoxy groups -OCH3 is 1. The van der Waals surface area contributed by atoms with Crippen LogP contribution in [0.15, 0.2) is 29.2 Å². The molecular formula is C22H35F3N4O6S. The molecule has 1 aliphatic heterocycles. The first-order chi connectivity index (χ1) is 16.9. The van der Waals surface area contributed by atoms with Gasteiger partial charge in [0, 0.05) is 52.2 Å². The van der Waals surface area contributed by atoms with Crippen molar-refractivity contribution >= 4 is 21.9 Å². The van der Waals surface area contributed by atoms with E-state index in [4.69, 9.17) is 14.6 Å². The molecule has 10 nitrogen and oxygen atoms in total. The first-order valence-corrected chi connectivity index (χ1v) is 13.0. The van der Waals surface area contributed by atoms with Gasteiger partial charge in [-0.1, -0.05) is 13.8 Å². The van der Waals surface area contributed by atoms with Crippen molar-refractivity contribution in [1.82, 2.24) is 19.4 Å². The quantitative estimate of drug-likeness (QED) is 0.433. The highest BCUT2D eigenvalue weighted by atomic mass is 32.2. The van der Waals surface area contributed by atoms with E-state index in [1.807, 2.05) is 0 Å². The van der Waals surface area contributed by atoms with Crippen molar-refractivity contribution in [2.24, 2.45) is 0 Å². The lowest BCUT2D eigenvalue weighted by molar-refractivity contribution is -0.192. The first kappa shape index (κ1) is 31.6. The minimum Gasteiger partial charge on any atom is -0.497 e. The predicted octanol–water partition coefficient (Wildman–Crippen LogP) is 1.48. The summed E-state index contributed by atoms with van der Waals surface area (Å²) in [6.07, 6.45) is -4.90. The molecular weight excluding hydrogens is 505 g/mol. The lowest BCUT2D eigenvalue weighted by Gasteiger charge is -2.29.